The number of halogens is 3. The number of nitrogens with one attached hydrogen (secondary N) is 1. The van der Waals surface area contributed by atoms with Crippen LogP contribution in [-0.2, 0) is 30.5 Å². The van der Waals surface area contributed by atoms with E-state index in [1.165, 1.54) is 32.0 Å². The van der Waals surface area contributed by atoms with Gasteiger partial charge in [-0.05, 0) is 44.0 Å². The quantitative estimate of drug-likeness (QED) is 0.241. The van der Waals surface area contributed by atoms with E-state index in [1.807, 2.05) is 0 Å². The standard InChI is InChI=1S/C20H23BrF2NO5P/c1-3-27-30(26,28-4-2)20(22,23)17-11-10-15(14-18(17)21)12-13-24-29-19(25)16-8-6-5-7-9-16/h5-11,14,24H,3-4,12-13H2,1-2H3. The fourth-order valence-corrected chi connectivity index (χ4v) is 4.99. The third kappa shape index (κ3) is 5.95. The highest BCUT2D eigenvalue weighted by molar-refractivity contribution is 9.10. The largest absolute Gasteiger partial charge is 0.404 e. The third-order valence-corrected chi connectivity index (χ3v) is 6.77. The van der Waals surface area contributed by atoms with Gasteiger partial charge in [0.05, 0.1) is 18.8 Å². The van der Waals surface area contributed by atoms with Crippen molar-refractivity contribution in [2.45, 2.75) is 25.9 Å². The van der Waals surface area contributed by atoms with Gasteiger partial charge in [-0.15, -0.1) is 0 Å². The minimum absolute atomic E-state index is 0.0749. The lowest BCUT2D eigenvalue weighted by Gasteiger charge is -2.26. The predicted octanol–water partition coefficient (Wildman–Crippen LogP) is 5.67. The lowest BCUT2D eigenvalue weighted by molar-refractivity contribution is 0.0256. The highest BCUT2D eigenvalue weighted by Gasteiger charge is 2.55. The molecule has 0 aromatic heterocycles. The lowest BCUT2D eigenvalue weighted by Crippen LogP contribution is -2.22. The molecule has 164 valence electrons. The highest BCUT2D eigenvalue weighted by atomic mass is 79.9. The molecule has 0 saturated heterocycles. The topological polar surface area (TPSA) is 73.9 Å². The summed E-state index contributed by atoms with van der Waals surface area (Å²) in [6, 6.07) is 12.6. The molecule has 0 fully saturated rings. The van der Waals surface area contributed by atoms with Gasteiger partial charge in [0.25, 0.3) is 0 Å². The second-order valence-corrected chi connectivity index (χ2v) is 9.02. The molecule has 0 aliphatic heterocycles. The molecular weight excluding hydrogens is 483 g/mol. The molecule has 1 N–H and O–H groups in total. The maximum absolute atomic E-state index is 14.9. The number of benzene rings is 2. The molecule has 0 heterocycles. The normalized spacial score (nSPS) is 12.0. The molecule has 2 aromatic rings. The van der Waals surface area contributed by atoms with Crippen molar-refractivity contribution in [3.63, 3.8) is 0 Å². The van der Waals surface area contributed by atoms with Gasteiger partial charge in [-0.1, -0.05) is 46.3 Å². The smallest absolute Gasteiger partial charge is 0.367 e. The summed E-state index contributed by atoms with van der Waals surface area (Å²) in [6.45, 7) is 2.87. The Hall–Kier alpha value is -1.64. The van der Waals surface area contributed by atoms with Crippen LogP contribution in [0.3, 0.4) is 0 Å². The Morgan fingerprint density at radius 2 is 1.73 bits per heavy atom. The van der Waals surface area contributed by atoms with Crippen molar-refractivity contribution in [3.8, 4) is 0 Å². The molecular formula is C20H23BrF2NO5P. The van der Waals surface area contributed by atoms with E-state index < -0.39 is 24.8 Å². The summed E-state index contributed by atoms with van der Waals surface area (Å²) in [6.07, 6.45) is 0.404. The van der Waals surface area contributed by atoms with E-state index in [2.05, 4.69) is 21.4 Å². The molecule has 0 spiro atoms. The van der Waals surface area contributed by atoms with Crippen molar-refractivity contribution >= 4 is 29.5 Å². The molecule has 0 atom stereocenters. The number of carbonyl (C=O) groups is 1. The van der Waals surface area contributed by atoms with Crippen LogP contribution in [-0.4, -0.2) is 25.7 Å². The first-order chi connectivity index (χ1) is 14.2. The summed E-state index contributed by atoms with van der Waals surface area (Å²) < 4.78 is 52.1. The van der Waals surface area contributed by atoms with Gasteiger partial charge in [0, 0.05) is 16.6 Å². The number of carbonyl (C=O) groups excluding carboxylic acids is 1. The number of hydroxylamine groups is 1. The first-order valence-corrected chi connectivity index (χ1v) is 11.6. The summed E-state index contributed by atoms with van der Waals surface area (Å²) in [7, 11) is -4.69. The van der Waals surface area contributed by atoms with Gasteiger partial charge >= 0.3 is 19.2 Å². The van der Waals surface area contributed by atoms with Crippen LogP contribution in [0.4, 0.5) is 8.78 Å². The summed E-state index contributed by atoms with van der Waals surface area (Å²) in [5.41, 5.74) is -0.638. The van der Waals surface area contributed by atoms with E-state index in [1.54, 1.807) is 30.3 Å². The number of rotatable bonds is 11. The Bertz CT molecular complexity index is 888. The zero-order chi connectivity index (χ0) is 22.2. The third-order valence-electron chi connectivity index (χ3n) is 3.99. The minimum Gasteiger partial charge on any atom is -0.367 e. The van der Waals surface area contributed by atoms with E-state index in [0.717, 1.165) is 0 Å². The Morgan fingerprint density at radius 3 is 2.30 bits per heavy atom. The Morgan fingerprint density at radius 1 is 1.10 bits per heavy atom. The number of hydrogen-bond acceptors (Lipinski definition) is 6. The number of hydrogen-bond donors (Lipinski definition) is 1. The van der Waals surface area contributed by atoms with Crippen molar-refractivity contribution in [3.05, 3.63) is 69.7 Å². The van der Waals surface area contributed by atoms with E-state index in [-0.39, 0.29) is 24.2 Å². The molecule has 0 bridgehead atoms. The molecule has 2 rings (SSSR count). The van der Waals surface area contributed by atoms with Crippen LogP contribution >= 0.6 is 23.5 Å². The van der Waals surface area contributed by atoms with Gasteiger partial charge in [0.15, 0.2) is 0 Å². The molecule has 10 heteroatoms. The van der Waals surface area contributed by atoms with Crippen LogP contribution in [0.5, 0.6) is 0 Å². The van der Waals surface area contributed by atoms with Crippen LogP contribution in [0.15, 0.2) is 53.0 Å². The predicted molar refractivity (Wildman–Crippen MR) is 112 cm³/mol. The van der Waals surface area contributed by atoms with Crippen LogP contribution in [0, 0.1) is 0 Å². The number of alkyl halides is 2. The molecule has 2 aromatic carbocycles. The van der Waals surface area contributed by atoms with Gasteiger partial charge < -0.3 is 13.9 Å². The highest BCUT2D eigenvalue weighted by Crippen LogP contribution is 2.67. The molecule has 6 nitrogen and oxygen atoms in total. The first-order valence-electron chi connectivity index (χ1n) is 9.30. The van der Waals surface area contributed by atoms with E-state index >= 15 is 0 Å². The summed E-state index contributed by atoms with van der Waals surface area (Å²) >= 11 is 3.12. The summed E-state index contributed by atoms with van der Waals surface area (Å²) in [5, 5.41) is 0. The van der Waals surface area contributed by atoms with E-state index in [0.29, 0.717) is 17.5 Å². The lowest BCUT2D eigenvalue weighted by atomic mass is 10.1. The molecule has 0 saturated carbocycles. The molecule has 0 aliphatic carbocycles. The van der Waals surface area contributed by atoms with Crippen molar-refractivity contribution in [2.75, 3.05) is 19.8 Å². The van der Waals surface area contributed by atoms with Crippen LogP contribution in [0.25, 0.3) is 0 Å². The van der Waals surface area contributed by atoms with Crippen LogP contribution in [0.2, 0.25) is 0 Å². The zero-order valence-corrected chi connectivity index (χ0v) is 19.1. The molecule has 0 radical (unpaired) electrons. The van der Waals surface area contributed by atoms with Crippen molar-refractivity contribution < 1.29 is 32.0 Å². The fraction of sp³-hybridized carbons (Fsp3) is 0.350. The Kier molecular flexibility index (Phi) is 9.12. The van der Waals surface area contributed by atoms with Crippen molar-refractivity contribution in [2.24, 2.45) is 0 Å². The van der Waals surface area contributed by atoms with E-state index in [9.17, 15) is 18.1 Å². The maximum Gasteiger partial charge on any atom is 0.404 e. The van der Waals surface area contributed by atoms with Gasteiger partial charge in [0.2, 0.25) is 0 Å². The molecule has 0 amide bonds. The SMILES string of the molecule is CCOP(=O)(OCC)C(F)(F)c1ccc(CCNOC(=O)c2ccccc2)cc1Br. The van der Waals surface area contributed by atoms with Crippen molar-refractivity contribution in [1.82, 2.24) is 5.48 Å². The molecule has 0 aliphatic rings. The summed E-state index contributed by atoms with van der Waals surface area (Å²) in [5.74, 6) is -0.519. The Labute approximate surface area is 182 Å². The average Bonchev–Trinajstić information content (AvgIpc) is 2.72. The average molecular weight is 506 g/mol. The van der Waals surface area contributed by atoms with Crippen LogP contribution < -0.4 is 5.48 Å². The monoisotopic (exact) mass is 505 g/mol. The van der Waals surface area contributed by atoms with Gasteiger partial charge in [0.1, 0.15) is 0 Å². The van der Waals surface area contributed by atoms with Gasteiger partial charge in [-0.2, -0.15) is 14.3 Å². The van der Waals surface area contributed by atoms with Gasteiger partial charge in [-0.3, -0.25) is 4.57 Å². The van der Waals surface area contributed by atoms with Gasteiger partial charge in [-0.25, -0.2) is 4.79 Å². The maximum atomic E-state index is 14.9. The van der Waals surface area contributed by atoms with Crippen molar-refractivity contribution in [1.29, 1.82) is 0 Å². The molecule has 30 heavy (non-hydrogen) atoms. The van der Waals surface area contributed by atoms with E-state index in [4.69, 9.17) is 13.9 Å². The van der Waals surface area contributed by atoms with Crippen LogP contribution in [0.1, 0.15) is 35.3 Å². The Balaban J connectivity index is 2.01. The summed E-state index contributed by atoms with van der Waals surface area (Å²) in [4.78, 5) is 16.8. The second kappa shape index (κ2) is 11.1. The molecule has 0 unspecified atom stereocenters. The second-order valence-electron chi connectivity index (χ2n) is 6.09. The minimum atomic E-state index is -4.69. The zero-order valence-electron chi connectivity index (χ0n) is 16.6. The fourth-order valence-electron chi connectivity index (χ4n) is 2.59. The first kappa shape index (κ1) is 24.6.